The molecular formula is C12H17F3N2O. The topological polar surface area (TPSA) is 34.1 Å². The molecule has 0 fully saturated rings. The molecule has 102 valence electrons. The van der Waals surface area contributed by atoms with Gasteiger partial charge in [0.05, 0.1) is 12.2 Å². The molecule has 1 heterocycles. The molecule has 0 aliphatic heterocycles. The average Bonchev–Trinajstić information content (AvgIpc) is 2.29. The molecule has 0 spiro atoms. The molecule has 18 heavy (non-hydrogen) atoms. The van der Waals surface area contributed by atoms with Crippen molar-refractivity contribution in [1.29, 1.82) is 0 Å². The molecule has 0 radical (unpaired) electrons. The second kappa shape index (κ2) is 6.70. The molecule has 1 rings (SSSR count). The van der Waals surface area contributed by atoms with E-state index < -0.39 is 11.7 Å². The summed E-state index contributed by atoms with van der Waals surface area (Å²) in [6, 6.07) is 2.52. The molecule has 0 saturated heterocycles. The van der Waals surface area contributed by atoms with Gasteiger partial charge in [0.25, 0.3) is 0 Å². The maximum Gasteiger partial charge on any atom is 0.417 e. The SMILES string of the molecule is CCNC(COC)Cc1ccc(C(F)(F)F)cn1. The van der Waals surface area contributed by atoms with Crippen LogP contribution in [0.3, 0.4) is 0 Å². The van der Waals surface area contributed by atoms with Crippen molar-refractivity contribution < 1.29 is 17.9 Å². The highest BCUT2D eigenvalue weighted by molar-refractivity contribution is 5.17. The predicted molar refractivity (Wildman–Crippen MR) is 62.3 cm³/mol. The zero-order valence-electron chi connectivity index (χ0n) is 10.4. The maximum atomic E-state index is 12.4. The third kappa shape index (κ3) is 4.62. The molecule has 0 aliphatic rings. The van der Waals surface area contributed by atoms with Crippen LogP contribution in [0, 0.1) is 0 Å². The summed E-state index contributed by atoms with van der Waals surface area (Å²) in [6.45, 7) is 3.23. The fraction of sp³-hybridized carbons (Fsp3) is 0.583. The van der Waals surface area contributed by atoms with Crippen LogP contribution in [0.15, 0.2) is 18.3 Å². The van der Waals surface area contributed by atoms with E-state index in [1.807, 2.05) is 6.92 Å². The summed E-state index contributed by atoms with van der Waals surface area (Å²) >= 11 is 0. The van der Waals surface area contributed by atoms with Crippen molar-refractivity contribution in [2.45, 2.75) is 25.6 Å². The van der Waals surface area contributed by atoms with Gasteiger partial charge in [-0.05, 0) is 18.7 Å². The summed E-state index contributed by atoms with van der Waals surface area (Å²) in [5.41, 5.74) is -0.107. The predicted octanol–water partition coefficient (Wildman–Crippen LogP) is 2.27. The van der Waals surface area contributed by atoms with E-state index in [2.05, 4.69) is 10.3 Å². The second-order valence-electron chi connectivity index (χ2n) is 3.95. The highest BCUT2D eigenvalue weighted by atomic mass is 19.4. The van der Waals surface area contributed by atoms with Crippen LogP contribution in [0.4, 0.5) is 13.2 Å². The summed E-state index contributed by atoms with van der Waals surface area (Å²) in [5, 5.41) is 3.19. The number of likely N-dealkylation sites (N-methyl/N-ethyl adjacent to an activating group) is 1. The lowest BCUT2D eigenvalue weighted by Crippen LogP contribution is -2.35. The monoisotopic (exact) mass is 262 g/mol. The number of methoxy groups -OCH3 is 1. The summed E-state index contributed by atoms with van der Waals surface area (Å²) in [6.07, 6.45) is -2.93. The standard InChI is InChI=1S/C12H17F3N2O/c1-3-16-11(8-18-2)6-10-5-4-9(7-17-10)12(13,14)15/h4-5,7,11,16H,3,6,8H2,1-2H3. The van der Waals surface area contributed by atoms with E-state index in [1.165, 1.54) is 6.07 Å². The molecule has 0 aromatic carbocycles. The van der Waals surface area contributed by atoms with Gasteiger partial charge in [-0.3, -0.25) is 4.98 Å². The number of rotatable bonds is 6. The van der Waals surface area contributed by atoms with Crippen LogP contribution in [0.2, 0.25) is 0 Å². The molecule has 1 aromatic heterocycles. The largest absolute Gasteiger partial charge is 0.417 e. The molecule has 6 heteroatoms. The summed E-state index contributed by atoms with van der Waals surface area (Å²) < 4.78 is 42.1. The molecule has 0 amide bonds. The highest BCUT2D eigenvalue weighted by Gasteiger charge is 2.30. The fourth-order valence-electron chi connectivity index (χ4n) is 1.65. The molecule has 0 aliphatic carbocycles. The smallest absolute Gasteiger partial charge is 0.383 e. The number of hydrogen-bond donors (Lipinski definition) is 1. The first-order valence-electron chi connectivity index (χ1n) is 5.71. The minimum atomic E-state index is -4.33. The molecule has 0 saturated carbocycles. The molecule has 0 bridgehead atoms. The average molecular weight is 262 g/mol. The van der Waals surface area contributed by atoms with Gasteiger partial charge in [-0.15, -0.1) is 0 Å². The van der Waals surface area contributed by atoms with E-state index >= 15 is 0 Å². The molecule has 1 unspecified atom stereocenters. The summed E-state index contributed by atoms with van der Waals surface area (Å²) in [7, 11) is 1.59. The van der Waals surface area contributed by atoms with Crippen molar-refractivity contribution in [2.75, 3.05) is 20.3 Å². The van der Waals surface area contributed by atoms with Gasteiger partial charge in [0.1, 0.15) is 0 Å². The van der Waals surface area contributed by atoms with E-state index in [0.717, 1.165) is 18.8 Å². The lowest BCUT2D eigenvalue weighted by Gasteiger charge is -2.16. The van der Waals surface area contributed by atoms with Crippen molar-refractivity contribution in [3.05, 3.63) is 29.6 Å². The Kier molecular flexibility index (Phi) is 5.55. The molecule has 1 N–H and O–H groups in total. The fourth-order valence-corrected chi connectivity index (χ4v) is 1.65. The van der Waals surface area contributed by atoms with Gasteiger partial charge in [-0.1, -0.05) is 6.92 Å². The number of nitrogens with one attached hydrogen (secondary N) is 1. The number of ether oxygens (including phenoxy) is 1. The van der Waals surface area contributed by atoms with Gasteiger partial charge in [-0.25, -0.2) is 0 Å². The third-order valence-electron chi connectivity index (χ3n) is 2.47. The van der Waals surface area contributed by atoms with Crippen molar-refractivity contribution in [2.24, 2.45) is 0 Å². The van der Waals surface area contributed by atoms with E-state index in [-0.39, 0.29) is 6.04 Å². The highest BCUT2D eigenvalue weighted by Crippen LogP contribution is 2.28. The number of halogens is 3. The van der Waals surface area contributed by atoms with Crippen LogP contribution in [0.1, 0.15) is 18.2 Å². The molecule has 1 atom stereocenters. The van der Waals surface area contributed by atoms with Crippen LogP contribution in [0.25, 0.3) is 0 Å². The first kappa shape index (κ1) is 14.9. The van der Waals surface area contributed by atoms with Gasteiger partial charge in [0, 0.05) is 31.5 Å². The lowest BCUT2D eigenvalue weighted by molar-refractivity contribution is -0.137. The van der Waals surface area contributed by atoms with Crippen LogP contribution in [0.5, 0.6) is 0 Å². The first-order valence-corrected chi connectivity index (χ1v) is 5.71. The number of pyridine rings is 1. The van der Waals surface area contributed by atoms with Crippen LogP contribution >= 0.6 is 0 Å². The Hall–Kier alpha value is -1.14. The maximum absolute atomic E-state index is 12.4. The van der Waals surface area contributed by atoms with Crippen LogP contribution in [-0.4, -0.2) is 31.3 Å². The van der Waals surface area contributed by atoms with Crippen molar-refractivity contribution in [3.63, 3.8) is 0 Å². The number of alkyl halides is 3. The molecule has 3 nitrogen and oxygen atoms in total. The zero-order chi connectivity index (χ0) is 13.6. The first-order chi connectivity index (χ1) is 8.47. The normalized spacial score (nSPS) is 13.6. The van der Waals surface area contributed by atoms with E-state index in [0.29, 0.717) is 18.7 Å². The second-order valence-corrected chi connectivity index (χ2v) is 3.95. The Balaban J connectivity index is 2.67. The summed E-state index contributed by atoms with van der Waals surface area (Å²) in [4.78, 5) is 3.83. The Morgan fingerprint density at radius 3 is 2.56 bits per heavy atom. The minimum absolute atomic E-state index is 0.0595. The zero-order valence-corrected chi connectivity index (χ0v) is 10.4. The third-order valence-corrected chi connectivity index (χ3v) is 2.47. The van der Waals surface area contributed by atoms with E-state index in [4.69, 9.17) is 4.74 Å². The van der Waals surface area contributed by atoms with Crippen molar-refractivity contribution >= 4 is 0 Å². The summed E-state index contributed by atoms with van der Waals surface area (Å²) in [5.74, 6) is 0. The Labute approximate surface area is 104 Å². The van der Waals surface area contributed by atoms with Gasteiger partial charge in [0.15, 0.2) is 0 Å². The Bertz CT molecular complexity index is 345. The van der Waals surface area contributed by atoms with Gasteiger partial charge in [0.2, 0.25) is 0 Å². The van der Waals surface area contributed by atoms with Crippen LogP contribution in [-0.2, 0) is 17.3 Å². The number of aromatic nitrogens is 1. The van der Waals surface area contributed by atoms with Gasteiger partial charge in [-0.2, -0.15) is 13.2 Å². The molecular weight excluding hydrogens is 245 g/mol. The van der Waals surface area contributed by atoms with Gasteiger partial charge >= 0.3 is 6.18 Å². The van der Waals surface area contributed by atoms with E-state index in [9.17, 15) is 13.2 Å². The Morgan fingerprint density at radius 2 is 2.11 bits per heavy atom. The quantitative estimate of drug-likeness (QED) is 0.854. The van der Waals surface area contributed by atoms with Gasteiger partial charge < -0.3 is 10.1 Å². The minimum Gasteiger partial charge on any atom is -0.383 e. The van der Waals surface area contributed by atoms with Crippen molar-refractivity contribution in [1.82, 2.24) is 10.3 Å². The number of nitrogens with zero attached hydrogens (tertiary/aromatic N) is 1. The van der Waals surface area contributed by atoms with E-state index in [1.54, 1.807) is 7.11 Å². The van der Waals surface area contributed by atoms with Crippen LogP contribution < -0.4 is 5.32 Å². The Morgan fingerprint density at radius 1 is 1.39 bits per heavy atom. The van der Waals surface area contributed by atoms with Crippen molar-refractivity contribution in [3.8, 4) is 0 Å². The molecule has 1 aromatic rings. The number of hydrogen-bond acceptors (Lipinski definition) is 3. The lowest BCUT2D eigenvalue weighted by atomic mass is 10.1.